The first-order chi connectivity index (χ1) is 36.0. The van der Waals surface area contributed by atoms with Gasteiger partial charge in [-0.15, -0.1) is 0 Å². The van der Waals surface area contributed by atoms with Gasteiger partial charge in [0.15, 0.2) is 6.10 Å². The third-order valence-corrected chi connectivity index (χ3v) is 11.8. The summed E-state index contributed by atoms with van der Waals surface area (Å²) in [6.45, 7) is 6.37. The summed E-state index contributed by atoms with van der Waals surface area (Å²) in [4.78, 5) is 38.2. The molecule has 0 aliphatic heterocycles. The van der Waals surface area contributed by atoms with E-state index in [9.17, 15) is 14.4 Å². The van der Waals surface area contributed by atoms with Crippen LogP contribution in [0.2, 0.25) is 0 Å². The molecule has 0 fully saturated rings. The molecule has 0 aromatic rings. The van der Waals surface area contributed by atoms with Gasteiger partial charge in [-0.25, -0.2) is 0 Å². The zero-order chi connectivity index (χ0) is 52.9. The molecule has 0 aromatic carbocycles. The van der Waals surface area contributed by atoms with Gasteiger partial charge in [0, 0.05) is 19.3 Å². The molecule has 410 valence electrons. The standard InChI is InChI=1S/C67H106O6/c1-4-7-10-13-16-19-22-25-28-31-33-36-39-42-45-48-51-54-57-60-66(69)72-63-64(62-71-65(68)59-56-53-50-47-44-41-38-35-30-27-24-21-18-15-12-9-6-3)73-67(70)61-58-55-52-49-46-43-40-37-34-32-29-26-23-20-17-14-11-8-5-2/h9,12,16-21,25-30,33-34,36-38,41-42,45,47,50,64H,4-8,10-11,13-15,22-24,31-32,35,39-40,43-44,46,48-49,51-63H2,1-3H3/b12-9-,19-16-,20-17-,21-18-,28-25-,29-26-,30-27-,36-33-,37-34-,41-38-,45-42-,50-47-/t64-/m1/s1. The highest BCUT2D eigenvalue weighted by atomic mass is 16.6. The monoisotopic (exact) mass is 1010 g/mol. The van der Waals surface area contributed by atoms with Gasteiger partial charge >= 0.3 is 17.9 Å². The van der Waals surface area contributed by atoms with E-state index in [-0.39, 0.29) is 44.0 Å². The summed E-state index contributed by atoms with van der Waals surface area (Å²) in [5, 5.41) is 0. The Labute approximate surface area is 448 Å². The van der Waals surface area contributed by atoms with Crippen LogP contribution in [0.15, 0.2) is 146 Å². The first kappa shape index (κ1) is 68.3. The molecule has 73 heavy (non-hydrogen) atoms. The predicted molar refractivity (Wildman–Crippen MR) is 315 cm³/mol. The Morgan fingerprint density at radius 3 is 0.904 bits per heavy atom. The molecule has 1 atom stereocenters. The molecular formula is C67H106O6. The topological polar surface area (TPSA) is 78.9 Å². The van der Waals surface area contributed by atoms with Crippen molar-refractivity contribution in [3.05, 3.63) is 146 Å². The van der Waals surface area contributed by atoms with Gasteiger partial charge in [0.2, 0.25) is 0 Å². The molecule has 0 unspecified atom stereocenters. The van der Waals surface area contributed by atoms with Crippen LogP contribution in [-0.2, 0) is 28.6 Å². The summed E-state index contributed by atoms with van der Waals surface area (Å²) >= 11 is 0. The van der Waals surface area contributed by atoms with Crippen molar-refractivity contribution in [2.75, 3.05) is 13.2 Å². The summed E-state index contributed by atoms with van der Waals surface area (Å²) in [5.74, 6) is -1.03. The van der Waals surface area contributed by atoms with Crippen LogP contribution in [0.3, 0.4) is 0 Å². The number of unbranched alkanes of at least 4 members (excludes halogenated alkanes) is 16. The van der Waals surface area contributed by atoms with Crippen LogP contribution in [0.1, 0.15) is 239 Å². The average Bonchev–Trinajstić information content (AvgIpc) is 3.39. The molecule has 0 rings (SSSR count). The fraction of sp³-hybridized carbons (Fsp3) is 0.597. The SMILES string of the molecule is CC/C=C\C/C=C\C/C=C\C/C=C\C/C=C\CCCC(=O)OC[C@H](COC(=O)CCCCC/C=C\C/C=C\C/C=C\C/C=C\CCCCC)OC(=O)CCCCCCCC/C=C\C/C=C\C/C=C\CCCCC. The third kappa shape index (κ3) is 58.1. The molecule has 6 nitrogen and oxygen atoms in total. The van der Waals surface area contributed by atoms with E-state index in [4.69, 9.17) is 14.2 Å². The maximum Gasteiger partial charge on any atom is 0.306 e. The number of hydrogen-bond donors (Lipinski definition) is 0. The van der Waals surface area contributed by atoms with Gasteiger partial charge in [-0.2, -0.15) is 0 Å². The Bertz CT molecular complexity index is 1630. The van der Waals surface area contributed by atoms with Crippen LogP contribution in [0, 0.1) is 0 Å². The summed E-state index contributed by atoms with van der Waals surface area (Å²) in [6, 6.07) is 0. The molecule has 0 aliphatic rings. The Morgan fingerprint density at radius 1 is 0.288 bits per heavy atom. The second kappa shape index (κ2) is 59.8. The Balaban J connectivity index is 4.59. The minimum Gasteiger partial charge on any atom is -0.462 e. The molecule has 0 bridgehead atoms. The highest BCUT2D eigenvalue weighted by molar-refractivity contribution is 5.71. The summed E-state index contributed by atoms with van der Waals surface area (Å²) in [6.07, 6.45) is 85.5. The van der Waals surface area contributed by atoms with E-state index < -0.39 is 6.10 Å². The van der Waals surface area contributed by atoms with Gasteiger partial charge < -0.3 is 14.2 Å². The molecule has 6 heteroatoms. The van der Waals surface area contributed by atoms with Gasteiger partial charge in [0.25, 0.3) is 0 Å². The number of rotatable bonds is 51. The fourth-order valence-corrected chi connectivity index (χ4v) is 7.41. The van der Waals surface area contributed by atoms with E-state index in [2.05, 4.69) is 167 Å². The van der Waals surface area contributed by atoms with Crippen LogP contribution in [0.4, 0.5) is 0 Å². The van der Waals surface area contributed by atoms with Crippen LogP contribution in [0.25, 0.3) is 0 Å². The number of ether oxygens (including phenoxy) is 3. The Hall–Kier alpha value is -4.71. The van der Waals surface area contributed by atoms with Crippen molar-refractivity contribution in [1.29, 1.82) is 0 Å². The van der Waals surface area contributed by atoms with Crippen molar-refractivity contribution in [2.45, 2.75) is 245 Å². The molecule has 0 heterocycles. The highest BCUT2D eigenvalue weighted by Gasteiger charge is 2.19. The molecule has 0 N–H and O–H groups in total. The summed E-state index contributed by atoms with van der Waals surface area (Å²) in [5.41, 5.74) is 0. The lowest BCUT2D eigenvalue weighted by Crippen LogP contribution is -2.30. The van der Waals surface area contributed by atoms with E-state index in [1.807, 2.05) is 0 Å². The zero-order valence-electron chi connectivity index (χ0n) is 46.8. The van der Waals surface area contributed by atoms with Gasteiger partial charge in [0.1, 0.15) is 13.2 Å². The first-order valence-corrected chi connectivity index (χ1v) is 29.3. The van der Waals surface area contributed by atoms with E-state index in [0.29, 0.717) is 12.8 Å². The average molecular weight is 1010 g/mol. The quantitative estimate of drug-likeness (QED) is 0.0261. The summed E-state index contributed by atoms with van der Waals surface area (Å²) in [7, 11) is 0. The van der Waals surface area contributed by atoms with Crippen LogP contribution in [0.5, 0.6) is 0 Å². The van der Waals surface area contributed by atoms with Crippen molar-refractivity contribution in [2.24, 2.45) is 0 Å². The first-order valence-electron chi connectivity index (χ1n) is 29.3. The van der Waals surface area contributed by atoms with Crippen molar-refractivity contribution < 1.29 is 28.6 Å². The molecule has 0 aliphatic carbocycles. The van der Waals surface area contributed by atoms with E-state index in [1.165, 1.54) is 64.2 Å². The molecule has 0 saturated carbocycles. The van der Waals surface area contributed by atoms with Gasteiger partial charge in [-0.3, -0.25) is 14.4 Å². The lowest BCUT2D eigenvalue weighted by Gasteiger charge is -2.18. The Morgan fingerprint density at radius 2 is 0.548 bits per heavy atom. The lowest BCUT2D eigenvalue weighted by molar-refractivity contribution is -0.167. The largest absolute Gasteiger partial charge is 0.462 e. The maximum atomic E-state index is 12.9. The van der Waals surface area contributed by atoms with E-state index in [0.717, 1.165) is 128 Å². The van der Waals surface area contributed by atoms with Gasteiger partial charge in [-0.05, 0) is 141 Å². The maximum absolute atomic E-state index is 12.9. The highest BCUT2D eigenvalue weighted by Crippen LogP contribution is 2.12. The number of esters is 3. The molecule has 0 aromatic heterocycles. The van der Waals surface area contributed by atoms with Crippen LogP contribution >= 0.6 is 0 Å². The molecule has 0 spiro atoms. The number of carbonyl (C=O) groups excluding carboxylic acids is 3. The van der Waals surface area contributed by atoms with Crippen molar-refractivity contribution in [3.63, 3.8) is 0 Å². The van der Waals surface area contributed by atoms with Crippen LogP contribution < -0.4 is 0 Å². The second-order valence-electron chi connectivity index (χ2n) is 18.8. The minimum absolute atomic E-state index is 0.124. The zero-order valence-corrected chi connectivity index (χ0v) is 46.8. The fourth-order valence-electron chi connectivity index (χ4n) is 7.41. The second-order valence-corrected chi connectivity index (χ2v) is 18.8. The predicted octanol–water partition coefficient (Wildman–Crippen LogP) is 20.0. The normalized spacial score (nSPS) is 13.2. The van der Waals surface area contributed by atoms with Gasteiger partial charge in [0.05, 0.1) is 0 Å². The smallest absolute Gasteiger partial charge is 0.306 e. The van der Waals surface area contributed by atoms with E-state index >= 15 is 0 Å². The molecular weight excluding hydrogens is 901 g/mol. The van der Waals surface area contributed by atoms with E-state index in [1.54, 1.807) is 0 Å². The minimum atomic E-state index is -0.829. The number of hydrogen-bond acceptors (Lipinski definition) is 6. The Kier molecular flexibility index (Phi) is 56.0. The van der Waals surface area contributed by atoms with Crippen molar-refractivity contribution >= 4 is 17.9 Å². The molecule has 0 saturated heterocycles. The molecule has 0 radical (unpaired) electrons. The van der Waals surface area contributed by atoms with Crippen LogP contribution in [-0.4, -0.2) is 37.2 Å². The molecule has 0 amide bonds. The van der Waals surface area contributed by atoms with Gasteiger partial charge in [-0.1, -0.05) is 224 Å². The number of carbonyl (C=O) groups is 3. The lowest BCUT2D eigenvalue weighted by atomic mass is 10.1. The van der Waals surface area contributed by atoms with Crippen molar-refractivity contribution in [3.8, 4) is 0 Å². The number of allylic oxidation sites excluding steroid dienone is 24. The third-order valence-electron chi connectivity index (χ3n) is 11.8. The van der Waals surface area contributed by atoms with Crippen molar-refractivity contribution in [1.82, 2.24) is 0 Å². The summed E-state index contributed by atoms with van der Waals surface area (Å²) < 4.78 is 16.8.